The molecule has 0 aliphatic heterocycles. The van der Waals surface area contributed by atoms with Gasteiger partial charge in [0.15, 0.2) is 11.6 Å². The second-order valence-electron chi connectivity index (χ2n) is 4.48. The molecule has 0 atom stereocenters. The molecule has 2 aromatic carbocycles. The number of benzene rings is 2. The molecule has 0 aliphatic carbocycles. The second-order valence-corrected chi connectivity index (χ2v) is 5.39. The normalized spacial score (nSPS) is 10.8. The molecule has 0 bridgehead atoms. The Labute approximate surface area is 127 Å². The average Bonchev–Trinajstić information content (AvgIpc) is 2.89. The minimum atomic E-state index is -0.835. The van der Waals surface area contributed by atoms with Crippen molar-refractivity contribution in [2.75, 3.05) is 5.32 Å². The molecule has 6 heteroatoms. The van der Waals surface area contributed by atoms with Crippen molar-refractivity contribution < 1.29 is 13.6 Å². The van der Waals surface area contributed by atoms with Gasteiger partial charge in [-0.2, -0.15) is 0 Å². The van der Waals surface area contributed by atoms with Gasteiger partial charge in [0.2, 0.25) is 0 Å². The van der Waals surface area contributed by atoms with Gasteiger partial charge < -0.3 is 10.3 Å². The minimum Gasteiger partial charge on any atom is -0.361 e. The van der Waals surface area contributed by atoms with Crippen molar-refractivity contribution in [3.8, 4) is 0 Å². The van der Waals surface area contributed by atoms with E-state index in [9.17, 15) is 13.6 Å². The zero-order valence-corrected chi connectivity index (χ0v) is 12.2. The summed E-state index contributed by atoms with van der Waals surface area (Å²) in [4.78, 5) is 15.1. The topological polar surface area (TPSA) is 44.9 Å². The van der Waals surface area contributed by atoms with E-state index < -0.39 is 23.2 Å². The number of nitrogens with one attached hydrogen (secondary N) is 2. The number of rotatable bonds is 2. The molecule has 1 aromatic heterocycles. The molecule has 0 radical (unpaired) electrons. The third kappa shape index (κ3) is 2.67. The van der Waals surface area contributed by atoms with E-state index in [1.165, 1.54) is 0 Å². The monoisotopic (exact) mass is 350 g/mol. The van der Waals surface area contributed by atoms with Crippen molar-refractivity contribution in [2.45, 2.75) is 0 Å². The summed E-state index contributed by atoms with van der Waals surface area (Å²) in [6.07, 6.45) is 1.75. The largest absolute Gasteiger partial charge is 0.361 e. The summed E-state index contributed by atoms with van der Waals surface area (Å²) in [5.41, 5.74) is 0.744. The predicted octanol–water partition coefficient (Wildman–Crippen LogP) is 4.46. The number of aromatic amines is 1. The fourth-order valence-electron chi connectivity index (χ4n) is 2.04. The Morgan fingerprint density at radius 3 is 2.52 bits per heavy atom. The van der Waals surface area contributed by atoms with Gasteiger partial charge in [-0.15, -0.1) is 0 Å². The van der Waals surface area contributed by atoms with Crippen LogP contribution in [0.5, 0.6) is 0 Å². The van der Waals surface area contributed by atoms with Gasteiger partial charge in [0.1, 0.15) is 5.69 Å². The third-order valence-corrected chi connectivity index (χ3v) is 3.52. The lowest BCUT2D eigenvalue weighted by molar-refractivity contribution is 0.102. The van der Waals surface area contributed by atoms with E-state index in [2.05, 4.69) is 26.2 Å². The summed E-state index contributed by atoms with van der Waals surface area (Å²) in [6, 6.07) is 8.96. The van der Waals surface area contributed by atoms with Crippen LogP contribution >= 0.6 is 15.9 Å². The number of anilines is 1. The van der Waals surface area contributed by atoms with Crippen LogP contribution in [0.1, 0.15) is 10.4 Å². The number of H-pyrrole nitrogens is 1. The molecule has 1 heterocycles. The van der Waals surface area contributed by atoms with Crippen LogP contribution in [0.2, 0.25) is 0 Å². The van der Waals surface area contributed by atoms with Crippen LogP contribution in [0.4, 0.5) is 14.5 Å². The number of amides is 1. The second kappa shape index (κ2) is 5.29. The first-order valence-electron chi connectivity index (χ1n) is 6.07. The molecule has 0 fully saturated rings. The number of aromatic nitrogens is 1. The van der Waals surface area contributed by atoms with Gasteiger partial charge in [0.25, 0.3) is 5.91 Å². The van der Waals surface area contributed by atoms with Crippen LogP contribution in [0.15, 0.2) is 47.1 Å². The Bertz CT molecular complexity index is 822. The van der Waals surface area contributed by atoms with E-state index in [1.807, 2.05) is 6.07 Å². The van der Waals surface area contributed by atoms with Crippen LogP contribution in [-0.2, 0) is 0 Å². The number of hydrogen-bond donors (Lipinski definition) is 2. The first-order chi connectivity index (χ1) is 10.0. The molecule has 0 saturated heterocycles. The highest BCUT2D eigenvalue weighted by atomic mass is 79.9. The first-order valence-corrected chi connectivity index (χ1v) is 6.87. The molecule has 106 valence electrons. The van der Waals surface area contributed by atoms with Crippen molar-refractivity contribution in [2.24, 2.45) is 0 Å². The fraction of sp³-hybridized carbons (Fsp3) is 0. The van der Waals surface area contributed by atoms with Gasteiger partial charge in [-0.3, -0.25) is 4.79 Å². The summed E-state index contributed by atoms with van der Waals surface area (Å²) < 4.78 is 27.7. The summed E-state index contributed by atoms with van der Waals surface area (Å²) in [5, 5.41) is 3.11. The van der Waals surface area contributed by atoms with E-state index in [4.69, 9.17) is 0 Å². The molecule has 21 heavy (non-hydrogen) atoms. The first kappa shape index (κ1) is 13.8. The zero-order valence-electron chi connectivity index (χ0n) is 10.6. The summed E-state index contributed by atoms with van der Waals surface area (Å²) in [6.45, 7) is 0. The van der Waals surface area contributed by atoms with E-state index in [1.54, 1.807) is 24.4 Å². The molecule has 0 saturated carbocycles. The van der Waals surface area contributed by atoms with Gasteiger partial charge in [-0.1, -0.05) is 15.9 Å². The van der Waals surface area contributed by atoms with Crippen LogP contribution in [0.3, 0.4) is 0 Å². The van der Waals surface area contributed by atoms with Crippen LogP contribution in [-0.4, -0.2) is 10.9 Å². The summed E-state index contributed by atoms with van der Waals surface area (Å²) in [5.74, 6) is -2.24. The smallest absolute Gasteiger partial charge is 0.255 e. The Morgan fingerprint density at radius 2 is 1.81 bits per heavy atom. The van der Waals surface area contributed by atoms with Gasteiger partial charge >= 0.3 is 0 Å². The SMILES string of the molecule is O=C(Nc1c(F)cc(Br)cc1F)c1ccc2[nH]ccc2c1. The van der Waals surface area contributed by atoms with Crippen molar-refractivity contribution in [1.29, 1.82) is 0 Å². The standard InChI is InChI=1S/C15H9BrF2N2O/c16-10-6-11(17)14(12(18)7-10)20-15(21)9-1-2-13-8(5-9)3-4-19-13/h1-7,19H,(H,20,21). The van der Waals surface area contributed by atoms with Gasteiger partial charge in [-0.05, 0) is 36.4 Å². The minimum absolute atomic E-state index is 0.268. The van der Waals surface area contributed by atoms with Crippen molar-refractivity contribution >= 4 is 38.4 Å². The molecule has 2 N–H and O–H groups in total. The van der Waals surface area contributed by atoms with E-state index >= 15 is 0 Å². The number of halogens is 3. The number of hydrogen-bond acceptors (Lipinski definition) is 1. The maximum atomic E-state index is 13.7. The maximum absolute atomic E-state index is 13.7. The zero-order chi connectivity index (χ0) is 15.0. The fourth-order valence-corrected chi connectivity index (χ4v) is 2.44. The molecule has 3 rings (SSSR count). The highest BCUT2D eigenvalue weighted by Crippen LogP contribution is 2.24. The van der Waals surface area contributed by atoms with Crippen LogP contribution < -0.4 is 5.32 Å². The summed E-state index contributed by atoms with van der Waals surface area (Å²) in [7, 11) is 0. The Balaban J connectivity index is 1.92. The Hall–Kier alpha value is -2.21. The van der Waals surface area contributed by atoms with Gasteiger partial charge in [0, 0.05) is 27.1 Å². The van der Waals surface area contributed by atoms with Crippen molar-refractivity contribution in [3.63, 3.8) is 0 Å². The Morgan fingerprint density at radius 1 is 1.10 bits per heavy atom. The summed E-state index contributed by atoms with van der Waals surface area (Å²) >= 11 is 2.98. The lowest BCUT2D eigenvalue weighted by Crippen LogP contribution is -2.14. The lowest BCUT2D eigenvalue weighted by Gasteiger charge is -2.08. The number of fused-ring (bicyclic) bond motifs is 1. The van der Waals surface area contributed by atoms with Crippen LogP contribution in [0, 0.1) is 11.6 Å². The molecule has 3 nitrogen and oxygen atoms in total. The van der Waals surface area contributed by atoms with Crippen molar-refractivity contribution in [1.82, 2.24) is 4.98 Å². The average molecular weight is 351 g/mol. The lowest BCUT2D eigenvalue weighted by atomic mass is 10.1. The quantitative estimate of drug-likeness (QED) is 0.704. The molecular formula is C15H9BrF2N2O. The van der Waals surface area contributed by atoms with E-state index in [-0.39, 0.29) is 4.47 Å². The maximum Gasteiger partial charge on any atom is 0.255 e. The molecule has 0 aliphatic rings. The molecule has 0 unspecified atom stereocenters. The number of carbonyl (C=O) groups is 1. The van der Waals surface area contributed by atoms with Crippen molar-refractivity contribution in [3.05, 3.63) is 64.3 Å². The van der Waals surface area contributed by atoms with Gasteiger partial charge in [0.05, 0.1) is 0 Å². The van der Waals surface area contributed by atoms with Gasteiger partial charge in [-0.25, -0.2) is 8.78 Å². The molecule has 3 aromatic rings. The highest BCUT2D eigenvalue weighted by Gasteiger charge is 2.15. The predicted molar refractivity (Wildman–Crippen MR) is 80.3 cm³/mol. The highest BCUT2D eigenvalue weighted by molar-refractivity contribution is 9.10. The van der Waals surface area contributed by atoms with Crippen LogP contribution in [0.25, 0.3) is 10.9 Å². The Kier molecular flexibility index (Phi) is 3.47. The third-order valence-electron chi connectivity index (χ3n) is 3.06. The van der Waals surface area contributed by atoms with E-state index in [0.29, 0.717) is 5.56 Å². The number of carbonyl (C=O) groups excluding carboxylic acids is 1. The van der Waals surface area contributed by atoms with E-state index in [0.717, 1.165) is 23.0 Å². The molecule has 0 spiro atoms. The molecule has 1 amide bonds. The molecular weight excluding hydrogens is 342 g/mol.